The molecule has 1 atom stereocenters. The van der Waals surface area contributed by atoms with Gasteiger partial charge in [0.05, 0.1) is 21.6 Å². The van der Waals surface area contributed by atoms with E-state index in [1.807, 2.05) is 13.8 Å². The number of hydrogen-bond donors (Lipinski definition) is 2. The number of amides is 1. The fourth-order valence-electron chi connectivity index (χ4n) is 1.33. The first-order valence-corrected chi connectivity index (χ1v) is 6.11. The summed E-state index contributed by atoms with van der Waals surface area (Å²) in [4.78, 5) is 21.7. The second kappa shape index (κ2) is 6.49. The van der Waals surface area contributed by atoms with Crippen LogP contribution in [0.2, 0.25) is 5.02 Å². The van der Waals surface area contributed by atoms with E-state index in [4.69, 9.17) is 11.6 Å². The fourth-order valence-corrected chi connectivity index (χ4v) is 1.59. The van der Waals surface area contributed by atoms with Crippen molar-refractivity contribution in [1.82, 2.24) is 5.32 Å². The molecule has 1 rings (SSSR count). The Morgan fingerprint density at radius 1 is 1.53 bits per heavy atom. The summed E-state index contributed by atoms with van der Waals surface area (Å²) < 4.78 is 0. The Bertz CT molecular complexity index is 491. The molecule has 0 spiro atoms. The minimum absolute atomic E-state index is 0.00531. The van der Waals surface area contributed by atoms with Gasteiger partial charge in [-0.25, -0.2) is 0 Å². The minimum Gasteiger partial charge on any atom is -0.391 e. The summed E-state index contributed by atoms with van der Waals surface area (Å²) in [5, 5.41) is 22.6. The lowest BCUT2D eigenvalue weighted by molar-refractivity contribution is -0.384. The third kappa shape index (κ3) is 4.18. The molecular weight excluding hydrogens is 272 g/mol. The second-order valence-corrected chi connectivity index (χ2v) is 4.85. The summed E-state index contributed by atoms with van der Waals surface area (Å²) in [5.74, 6) is -0.452. The van der Waals surface area contributed by atoms with Crippen molar-refractivity contribution in [3.05, 3.63) is 38.9 Å². The highest BCUT2D eigenvalue weighted by molar-refractivity contribution is 6.34. The minimum atomic E-state index is -0.652. The van der Waals surface area contributed by atoms with Gasteiger partial charge in [0, 0.05) is 18.7 Å². The Balaban J connectivity index is 2.75. The van der Waals surface area contributed by atoms with Gasteiger partial charge >= 0.3 is 0 Å². The lowest BCUT2D eigenvalue weighted by atomic mass is 10.1. The van der Waals surface area contributed by atoms with E-state index in [-0.39, 0.29) is 28.7 Å². The smallest absolute Gasteiger partial charge is 0.270 e. The molecule has 19 heavy (non-hydrogen) atoms. The molecule has 1 amide bonds. The Hall–Kier alpha value is -1.66. The third-order valence-electron chi connectivity index (χ3n) is 2.65. The second-order valence-electron chi connectivity index (χ2n) is 4.44. The predicted octanol–water partition coefficient (Wildman–Crippen LogP) is 1.99. The number of nitrogens with zero attached hydrogens (tertiary/aromatic N) is 1. The highest BCUT2D eigenvalue weighted by Crippen LogP contribution is 2.22. The van der Waals surface area contributed by atoms with Crippen molar-refractivity contribution in [1.29, 1.82) is 0 Å². The molecule has 0 fully saturated rings. The van der Waals surface area contributed by atoms with Gasteiger partial charge in [0.25, 0.3) is 11.6 Å². The fraction of sp³-hybridized carbons (Fsp3) is 0.417. The molecule has 0 bridgehead atoms. The van der Waals surface area contributed by atoms with Crippen LogP contribution in [-0.2, 0) is 0 Å². The van der Waals surface area contributed by atoms with Crippen molar-refractivity contribution < 1.29 is 14.8 Å². The SMILES string of the molecule is CC(C)C(O)CNC(=O)c1ccc([N+](=O)[O-])cc1Cl. The third-order valence-corrected chi connectivity index (χ3v) is 2.96. The molecule has 0 aliphatic carbocycles. The predicted molar refractivity (Wildman–Crippen MR) is 71.3 cm³/mol. The van der Waals surface area contributed by atoms with Gasteiger partial charge in [-0.05, 0) is 12.0 Å². The van der Waals surface area contributed by atoms with Crippen molar-refractivity contribution in [3.63, 3.8) is 0 Å². The van der Waals surface area contributed by atoms with Gasteiger partial charge in [-0.15, -0.1) is 0 Å². The average Bonchev–Trinajstić information content (AvgIpc) is 2.34. The van der Waals surface area contributed by atoms with Gasteiger partial charge in [-0.3, -0.25) is 14.9 Å². The number of halogens is 1. The van der Waals surface area contributed by atoms with Gasteiger partial charge in [-0.2, -0.15) is 0 Å². The van der Waals surface area contributed by atoms with Crippen LogP contribution >= 0.6 is 11.6 Å². The summed E-state index contributed by atoms with van der Waals surface area (Å²) in [6.07, 6.45) is -0.652. The Kier molecular flexibility index (Phi) is 5.26. The first kappa shape index (κ1) is 15.4. The Morgan fingerprint density at radius 2 is 2.16 bits per heavy atom. The van der Waals surface area contributed by atoms with Gasteiger partial charge in [0.1, 0.15) is 0 Å². The number of nitro groups is 1. The van der Waals surface area contributed by atoms with E-state index in [2.05, 4.69) is 5.32 Å². The first-order valence-electron chi connectivity index (χ1n) is 5.73. The Morgan fingerprint density at radius 3 is 2.63 bits per heavy atom. The molecule has 6 nitrogen and oxygen atoms in total. The number of aliphatic hydroxyl groups is 1. The zero-order valence-corrected chi connectivity index (χ0v) is 11.3. The highest BCUT2D eigenvalue weighted by atomic mass is 35.5. The summed E-state index contributed by atoms with van der Waals surface area (Å²) in [5.41, 5.74) is -0.0352. The molecule has 0 aliphatic rings. The number of hydrogen-bond acceptors (Lipinski definition) is 4. The van der Waals surface area contributed by atoms with Crippen molar-refractivity contribution >= 4 is 23.2 Å². The van der Waals surface area contributed by atoms with Crippen molar-refractivity contribution in [2.75, 3.05) is 6.54 Å². The summed E-state index contributed by atoms with van der Waals surface area (Å²) in [6, 6.07) is 3.62. The number of carbonyl (C=O) groups excluding carboxylic acids is 1. The molecule has 0 aromatic heterocycles. The number of benzene rings is 1. The first-order chi connectivity index (χ1) is 8.82. The molecule has 7 heteroatoms. The van der Waals surface area contributed by atoms with Crippen LogP contribution in [0.3, 0.4) is 0 Å². The van der Waals surface area contributed by atoms with Crippen LogP contribution in [0.4, 0.5) is 5.69 Å². The normalized spacial score (nSPS) is 12.3. The van der Waals surface area contributed by atoms with Crippen LogP contribution in [-0.4, -0.2) is 28.6 Å². The zero-order chi connectivity index (χ0) is 14.6. The largest absolute Gasteiger partial charge is 0.391 e. The van der Waals surface area contributed by atoms with Crippen LogP contribution in [0.25, 0.3) is 0 Å². The zero-order valence-electron chi connectivity index (χ0n) is 10.6. The molecule has 0 aliphatic heterocycles. The van der Waals surface area contributed by atoms with Crippen LogP contribution in [0.5, 0.6) is 0 Å². The molecule has 2 N–H and O–H groups in total. The van der Waals surface area contributed by atoms with E-state index in [0.29, 0.717) is 0 Å². The van der Waals surface area contributed by atoms with Crippen molar-refractivity contribution in [2.24, 2.45) is 5.92 Å². The molecule has 0 saturated carbocycles. The maximum absolute atomic E-state index is 11.8. The molecule has 0 heterocycles. The van der Waals surface area contributed by atoms with Crippen LogP contribution in [0.1, 0.15) is 24.2 Å². The lowest BCUT2D eigenvalue weighted by Crippen LogP contribution is -2.34. The van der Waals surface area contributed by atoms with Gasteiger partial charge < -0.3 is 10.4 Å². The van der Waals surface area contributed by atoms with E-state index in [1.54, 1.807) is 0 Å². The van der Waals surface area contributed by atoms with E-state index in [1.165, 1.54) is 12.1 Å². The lowest BCUT2D eigenvalue weighted by Gasteiger charge is -2.15. The van der Waals surface area contributed by atoms with Gasteiger partial charge in [0.15, 0.2) is 0 Å². The number of aliphatic hydroxyl groups excluding tert-OH is 1. The molecule has 104 valence electrons. The molecule has 0 radical (unpaired) electrons. The average molecular weight is 287 g/mol. The van der Waals surface area contributed by atoms with Crippen LogP contribution < -0.4 is 5.32 Å². The summed E-state index contributed by atoms with van der Waals surface area (Å²) >= 11 is 5.82. The summed E-state index contributed by atoms with van der Waals surface area (Å²) in [6.45, 7) is 3.76. The quantitative estimate of drug-likeness (QED) is 0.639. The van der Waals surface area contributed by atoms with Crippen molar-refractivity contribution in [3.8, 4) is 0 Å². The number of non-ortho nitro benzene ring substituents is 1. The molecular formula is C12H15ClN2O4. The van der Waals surface area contributed by atoms with Crippen molar-refractivity contribution in [2.45, 2.75) is 20.0 Å². The monoisotopic (exact) mass is 286 g/mol. The number of nitro benzene ring substituents is 1. The van der Waals surface area contributed by atoms with Crippen LogP contribution in [0.15, 0.2) is 18.2 Å². The standard InChI is InChI=1S/C12H15ClN2O4/c1-7(2)11(16)6-14-12(17)9-4-3-8(15(18)19)5-10(9)13/h3-5,7,11,16H,6H2,1-2H3,(H,14,17). The van der Waals surface area contributed by atoms with E-state index in [9.17, 15) is 20.0 Å². The number of carbonyl (C=O) groups is 1. The van der Waals surface area contributed by atoms with Gasteiger partial charge in [-0.1, -0.05) is 25.4 Å². The molecule has 0 saturated heterocycles. The van der Waals surface area contributed by atoms with E-state index in [0.717, 1.165) is 6.07 Å². The number of nitrogens with one attached hydrogen (secondary N) is 1. The Labute approximate surface area is 115 Å². The maximum atomic E-state index is 11.8. The molecule has 1 aromatic carbocycles. The number of rotatable bonds is 5. The van der Waals surface area contributed by atoms with Gasteiger partial charge in [0.2, 0.25) is 0 Å². The maximum Gasteiger partial charge on any atom is 0.270 e. The molecule has 1 unspecified atom stereocenters. The van der Waals surface area contributed by atoms with E-state index < -0.39 is 16.9 Å². The molecule has 1 aromatic rings. The van der Waals surface area contributed by atoms with Crippen LogP contribution in [0, 0.1) is 16.0 Å². The van der Waals surface area contributed by atoms with E-state index >= 15 is 0 Å². The topological polar surface area (TPSA) is 92.5 Å². The highest BCUT2D eigenvalue weighted by Gasteiger charge is 2.16. The summed E-state index contributed by atoms with van der Waals surface area (Å²) in [7, 11) is 0.